The molecule has 0 radical (unpaired) electrons. The Morgan fingerprint density at radius 1 is 1.17 bits per heavy atom. The van der Waals surface area contributed by atoms with Crippen molar-refractivity contribution in [3.05, 3.63) is 16.8 Å². The third-order valence-electron chi connectivity index (χ3n) is 5.66. The van der Waals surface area contributed by atoms with Crippen LogP contribution in [0.2, 0.25) is 0 Å². The van der Waals surface area contributed by atoms with Crippen LogP contribution >= 0.6 is 23.1 Å². The number of anilines is 2. The normalized spacial score (nSPS) is 17.9. The Morgan fingerprint density at radius 3 is 2.60 bits per heavy atom. The smallest absolute Gasteiger partial charge is 0.343 e. The highest BCUT2D eigenvalue weighted by molar-refractivity contribution is 7.98. The van der Waals surface area contributed by atoms with Crippen LogP contribution in [0.25, 0.3) is 0 Å². The van der Waals surface area contributed by atoms with Crippen molar-refractivity contribution in [3.8, 4) is 0 Å². The summed E-state index contributed by atoms with van der Waals surface area (Å²) >= 11 is 3.21. The molecule has 2 aromatic rings. The SMILES string of the molecule is CCOC(=O)c1cnc(SC)nc1N1CCN(c2nnc(C3CCCCC3)s2)CC1. The molecule has 30 heavy (non-hydrogen) atoms. The zero-order valence-electron chi connectivity index (χ0n) is 17.5. The molecule has 1 saturated carbocycles. The Bertz CT molecular complexity index is 863. The minimum Gasteiger partial charge on any atom is -0.462 e. The van der Waals surface area contributed by atoms with E-state index in [4.69, 9.17) is 4.74 Å². The van der Waals surface area contributed by atoms with Crippen molar-refractivity contribution >= 4 is 40.0 Å². The molecule has 0 N–H and O–H groups in total. The van der Waals surface area contributed by atoms with E-state index in [-0.39, 0.29) is 5.97 Å². The molecule has 162 valence electrons. The predicted octanol–water partition coefficient (Wildman–Crippen LogP) is 3.60. The third kappa shape index (κ3) is 4.69. The number of nitrogens with zero attached hydrogens (tertiary/aromatic N) is 6. The fourth-order valence-electron chi connectivity index (χ4n) is 4.03. The molecule has 0 atom stereocenters. The number of carbonyl (C=O) groups excluding carboxylic acids is 1. The molecule has 3 heterocycles. The summed E-state index contributed by atoms with van der Waals surface area (Å²) in [6, 6.07) is 0. The van der Waals surface area contributed by atoms with Gasteiger partial charge >= 0.3 is 5.97 Å². The molecular weight excluding hydrogens is 420 g/mol. The fraction of sp³-hybridized carbons (Fsp3) is 0.650. The van der Waals surface area contributed by atoms with Crippen molar-refractivity contribution in [3.63, 3.8) is 0 Å². The summed E-state index contributed by atoms with van der Waals surface area (Å²) in [6.07, 6.45) is 9.95. The van der Waals surface area contributed by atoms with Gasteiger partial charge in [-0.05, 0) is 26.0 Å². The number of hydrogen-bond acceptors (Lipinski definition) is 10. The van der Waals surface area contributed by atoms with Gasteiger partial charge in [-0.1, -0.05) is 42.4 Å². The first-order valence-electron chi connectivity index (χ1n) is 10.6. The second-order valence-corrected chi connectivity index (χ2v) is 9.31. The summed E-state index contributed by atoms with van der Waals surface area (Å²) < 4.78 is 5.20. The molecule has 8 nitrogen and oxygen atoms in total. The maximum absolute atomic E-state index is 12.4. The van der Waals surface area contributed by atoms with Crippen LogP contribution in [0.15, 0.2) is 11.4 Å². The van der Waals surface area contributed by atoms with E-state index >= 15 is 0 Å². The molecule has 0 aromatic carbocycles. The van der Waals surface area contributed by atoms with E-state index in [1.807, 2.05) is 6.26 Å². The van der Waals surface area contributed by atoms with Crippen molar-refractivity contribution < 1.29 is 9.53 Å². The second kappa shape index (κ2) is 9.91. The molecule has 10 heteroatoms. The lowest BCUT2D eigenvalue weighted by atomic mass is 9.90. The summed E-state index contributed by atoms with van der Waals surface area (Å²) in [5, 5.41) is 11.8. The Hall–Kier alpha value is -1.94. The van der Waals surface area contributed by atoms with E-state index < -0.39 is 0 Å². The highest BCUT2D eigenvalue weighted by Gasteiger charge is 2.27. The fourth-order valence-corrected chi connectivity index (χ4v) is 5.43. The molecule has 0 unspecified atom stereocenters. The summed E-state index contributed by atoms with van der Waals surface area (Å²) in [5.74, 6) is 0.876. The zero-order valence-corrected chi connectivity index (χ0v) is 19.2. The molecule has 0 spiro atoms. The number of aromatic nitrogens is 4. The lowest BCUT2D eigenvalue weighted by Crippen LogP contribution is -2.47. The number of piperazine rings is 1. The van der Waals surface area contributed by atoms with Gasteiger partial charge in [0.2, 0.25) is 5.13 Å². The van der Waals surface area contributed by atoms with Crippen molar-refractivity contribution in [1.29, 1.82) is 0 Å². The van der Waals surface area contributed by atoms with Crippen LogP contribution in [-0.4, -0.2) is 65.2 Å². The van der Waals surface area contributed by atoms with Gasteiger partial charge in [0.15, 0.2) is 5.16 Å². The largest absolute Gasteiger partial charge is 0.462 e. The summed E-state index contributed by atoms with van der Waals surface area (Å²) in [5.41, 5.74) is 0.429. The molecule has 2 fully saturated rings. The van der Waals surface area contributed by atoms with Gasteiger partial charge in [0.05, 0.1) is 6.61 Å². The number of carbonyl (C=O) groups is 1. The van der Waals surface area contributed by atoms with E-state index in [9.17, 15) is 4.79 Å². The number of hydrogen-bond donors (Lipinski definition) is 0. The number of esters is 1. The van der Waals surface area contributed by atoms with E-state index in [2.05, 4.69) is 30.0 Å². The minimum atomic E-state index is -0.371. The Morgan fingerprint density at radius 2 is 1.90 bits per heavy atom. The van der Waals surface area contributed by atoms with Gasteiger partial charge in [0.25, 0.3) is 0 Å². The topological polar surface area (TPSA) is 84.3 Å². The van der Waals surface area contributed by atoms with Gasteiger partial charge in [0, 0.05) is 38.3 Å². The Labute approximate surface area is 185 Å². The maximum Gasteiger partial charge on any atom is 0.343 e. The predicted molar refractivity (Wildman–Crippen MR) is 120 cm³/mol. The first-order chi connectivity index (χ1) is 14.7. The van der Waals surface area contributed by atoms with E-state index in [1.165, 1.54) is 48.9 Å². The van der Waals surface area contributed by atoms with Crippen molar-refractivity contribution in [2.24, 2.45) is 0 Å². The standard InChI is InChI=1S/C20H28N6O2S2/c1-3-28-18(27)15-13-21-19(29-2)22-16(15)25-9-11-26(12-10-25)20-24-23-17(30-20)14-7-5-4-6-8-14/h13-14H,3-12H2,1-2H3. The van der Waals surface area contributed by atoms with E-state index in [1.54, 1.807) is 24.5 Å². The molecule has 2 aromatic heterocycles. The molecular formula is C20H28N6O2S2. The number of thioether (sulfide) groups is 1. The second-order valence-electron chi connectivity index (χ2n) is 7.55. The minimum absolute atomic E-state index is 0.330. The van der Waals surface area contributed by atoms with Crippen molar-refractivity contribution in [2.45, 2.75) is 50.1 Å². The highest BCUT2D eigenvalue weighted by atomic mass is 32.2. The van der Waals surface area contributed by atoms with E-state index in [0.29, 0.717) is 29.1 Å². The first-order valence-corrected chi connectivity index (χ1v) is 12.6. The molecule has 1 aliphatic carbocycles. The van der Waals surface area contributed by atoms with Crippen LogP contribution in [0.1, 0.15) is 60.3 Å². The van der Waals surface area contributed by atoms with Crippen molar-refractivity contribution in [1.82, 2.24) is 20.2 Å². The third-order valence-corrected chi connectivity index (χ3v) is 7.37. The molecule has 0 bridgehead atoms. The maximum atomic E-state index is 12.4. The molecule has 1 saturated heterocycles. The molecule has 2 aliphatic rings. The highest BCUT2D eigenvalue weighted by Crippen LogP contribution is 2.36. The van der Waals surface area contributed by atoms with Crippen LogP contribution in [0, 0.1) is 0 Å². The molecule has 0 amide bonds. The van der Waals surface area contributed by atoms with Crippen molar-refractivity contribution in [2.75, 3.05) is 48.8 Å². The van der Waals surface area contributed by atoms with E-state index in [0.717, 1.165) is 31.3 Å². The average molecular weight is 449 g/mol. The van der Waals surface area contributed by atoms with Gasteiger partial charge in [0.1, 0.15) is 16.4 Å². The lowest BCUT2D eigenvalue weighted by Gasteiger charge is -2.35. The summed E-state index contributed by atoms with van der Waals surface area (Å²) in [7, 11) is 0. The van der Waals surface area contributed by atoms with Gasteiger partial charge in [-0.15, -0.1) is 10.2 Å². The Kier molecular flexibility index (Phi) is 7.04. The van der Waals surface area contributed by atoms with Crippen LogP contribution < -0.4 is 9.80 Å². The lowest BCUT2D eigenvalue weighted by molar-refractivity contribution is 0.0526. The average Bonchev–Trinajstić information content (AvgIpc) is 3.30. The van der Waals surface area contributed by atoms with Gasteiger partial charge in [-0.25, -0.2) is 14.8 Å². The Balaban J connectivity index is 1.44. The monoisotopic (exact) mass is 448 g/mol. The van der Waals surface area contributed by atoms with Crippen LogP contribution in [-0.2, 0) is 4.74 Å². The number of ether oxygens (including phenoxy) is 1. The van der Waals surface area contributed by atoms with Crippen LogP contribution in [0.3, 0.4) is 0 Å². The van der Waals surface area contributed by atoms with Crippen LogP contribution in [0.4, 0.5) is 10.9 Å². The summed E-state index contributed by atoms with van der Waals surface area (Å²) in [6.45, 7) is 5.29. The van der Waals surface area contributed by atoms with Gasteiger partial charge in [-0.3, -0.25) is 0 Å². The van der Waals surface area contributed by atoms with Crippen LogP contribution in [0.5, 0.6) is 0 Å². The quantitative estimate of drug-likeness (QED) is 0.374. The van der Waals surface area contributed by atoms with Gasteiger partial charge in [-0.2, -0.15) is 0 Å². The molecule has 1 aliphatic heterocycles. The first kappa shape index (κ1) is 21.3. The molecule has 4 rings (SSSR count). The summed E-state index contributed by atoms with van der Waals surface area (Å²) in [4.78, 5) is 25.7. The number of rotatable bonds is 6. The van der Waals surface area contributed by atoms with Gasteiger partial charge < -0.3 is 14.5 Å². The zero-order chi connectivity index (χ0) is 20.9.